The molecule has 8 nitrogen and oxygen atoms in total. The van der Waals surface area contributed by atoms with Gasteiger partial charge in [0.15, 0.2) is 5.82 Å². The second-order valence-corrected chi connectivity index (χ2v) is 10.5. The lowest BCUT2D eigenvalue weighted by Gasteiger charge is -2.31. The lowest BCUT2D eigenvalue weighted by molar-refractivity contribution is 0.108. The highest BCUT2D eigenvalue weighted by Gasteiger charge is 2.45. The summed E-state index contributed by atoms with van der Waals surface area (Å²) in [6.45, 7) is 4.32. The smallest absolute Gasteiger partial charge is 0.319 e. The van der Waals surface area contributed by atoms with E-state index in [0.717, 1.165) is 49.8 Å². The lowest BCUT2D eigenvalue weighted by atomic mass is 9.95. The highest BCUT2D eigenvalue weighted by atomic mass is 19.1. The molecule has 3 aliphatic rings. The van der Waals surface area contributed by atoms with Crippen molar-refractivity contribution in [1.29, 1.82) is 0 Å². The van der Waals surface area contributed by atoms with Crippen molar-refractivity contribution in [3.63, 3.8) is 0 Å². The molecule has 3 saturated heterocycles. The Hall–Kier alpha value is -3.56. The van der Waals surface area contributed by atoms with Gasteiger partial charge in [-0.15, -0.1) is 0 Å². The average molecular weight is 501 g/mol. The van der Waals surface area contributed by atoms with Gasteiger partial charge >= 0.3 is 6.01 Å². The van der Waals surface area contributed by atoms with Crippen LogP contribution in [0, 0.1) is 5.82 Å². The molecule has 7 rings (SSSR count). The number of aromatic nitrogens is 3. The first-order valence-corrected chi connectivity index (χ1v) is 13.0. The quantitative estimate of drug-likeness (QED) is 0.365. The van der Waals surface area contributed by atoms with E-state index in [0.29, 0.717) is 23.4 Å². The second kappa shape index (κ2) is 8.78. The summed E-state index contributed by atoms with van der Waals surface area (Å²) in [7, 11) is 0. The number of phenolic OH excluding ortho intramolecular Hbond substituents is 1. The van der Waals surface area contributed by atoms with Crippen LogP contribution in [0.2, 0.25) is 0 Å². The van der Waals surface area contributed by atoms with Crippen molar-refractivity contribution in [3.05, 3.63) is 48.4 Å². The van der Waals surface area contributed by atoms with Crippen LogP contribution < -0.4 is 15.4 Å². The third-order valence-corrected chi connectivity index (χ3v) is 8.17. The fourth-order valence-corrected chi connectivity index (χ4v) is 6.13. The summed E-state index contributed by atoms with van der Waals surface area (Å²) in [4.78, 5) is 16.2. The van der Waals surface area contributed by atoms with Crippen LogP contribution in [0.1, 0.15) is 25.7 Å². The van der Waals surface area contributed by atoms with Crippen LogP contribution >= 0.6 is 0 Å². The monoisotopic (exact) mass is 500 g/mol. The van der Waals surface area contributed by atoms with Crippen molar-refractivity contribution in [3.8, 4) is 23.0 Å². The fourth-order valence-electron chi connectivity index (χ4n) is 6.13. The number of nitrogens with zero attached hydrogens (tertiary/aromatic N) is 4. The molecule has 37 heavy (non-hydrogen) atoms. The Morgan fingerprint density at radius 2 is 1.92 bits per heavy atom. The number of fused-ring (bicyclic) bond motifs is 3. The highest BCUT2D eigenvalue weighted by molar-refractivity contribution is 5.99. The van der Waals surface area contributed by atoms with Gasteiger partial charge in [0.2, 0.25) is 0 Å². The topological polar surface area (TPSA) is 95.4 Å². The molecule has 2 aromatic carbocycles. The Bertz CT molecular complexity index is 1500. The van der Waals surface area contributed by atoms with Crippen LogP contribution in [0.3, 0.4) is 0 Å². The van der Waals surface area contributed by atoms with E-state index < -0.39 is 5.82 Å². The number of anilines is 1. The molecule has 3 fully saturated rings. The molecular weight excluding hydrogens is 471 g/mol. The summed E-state index contributed by atoms with van der Waals surface area (Å²) in [6, 6.07) is 11.1. The van der Waals surface area contributed by atoms with E-state index in [-0.39, 0.29) is 34.6 Å². The Balaban J connectivity index is 1.33. The second-order valence-electron chi connectivity index (χ2n) is 10.5. The van der Waals surface area contributed by atoms with Gasteiger partial charge in [-0.2, -0.15) is 9.97 Å². The first-order valence-electron chi connectivity index (χ1n) is 13.0. The third-order valence-electron chi connectivity index (χ3n) is 8.17. The number of aromatic hydroxyl groups is 1. The Labute approximate surface area is 213 Å². The fraction of sp³-hybridized carbons (Fsp3) is 0.393. The highest BCUT2D eigenvalue weighted by Crippen LogP contribution is 2.40. The molecule has 4 aromatic rings. The lowest BCUT2D eigenvalue weighted by Crippen LogP contribution is -2.51. The van der Waals surface area contributed by atoms with Crippen LogP contribution in [-0.4, -0.2) is 69.3 Å². The number of halogens is 1. The van der Waals surface area contributed by atoms with Gasteiger partial charge in [0.25, 0.3) is 0 Å². The van der Waals surface area contributed by atoms with Gasteiger partial charge in [-0.1, -0.05) is 24.3 Å². The summed E-state index contributed by atoms with van der Waals surface area (Å²) in [6.07, 6.45) is 6.16. The minimum atomic E-state index is -0.559. The summed E-state index contributed by atoms with van der Waals surface area (Å²) >= 11 is 0. The van der Waals surface area contributed by atoms with E-state index in [9.17, 15) is 5.11 Å². The molecule has 0 bridgehead atoms. The maximum Gasteiger partial charge on any atom is 0.319 e. The van der Waals surface area contributed by atoms with Crippen molar-refractivity contribution >= 4 is 27.5 Å². The molecule has 3 aliphatic heterocycles. The van der Waals surface area contributed by atoms with Crippen molar-refractivity contribution in [2.45, 2.75) is 37.3 Å². The zero-order valence-electron chi connectivity index (χ0n) is 20.5. The summed E-state index contributed by atoms with van der Waals surface area (Å²) in [5.74, 6) is 0.0210. The molecule has 0 unspecified atom stereocenters. The van der Waals surface area contributed by atoms with Crippen molar-refractivity contribution in [2.24, 2.45) is 0 Å². The minimum absolute atomic E-state index is 0.0340. The molecule has 9 heteroatoms. The average Bonchev–Trinajstić information content (AvgIpc) is 3.45. The zero-order valence-corrected chi connectivity index (χ0v) is 20.5. The van der Waals surface area contributed by atoms with E-state index in [1.165, 1.54) is 12.8 Å². The molecule has 190 valence electrons. The van der Waals surface area contributed by atoms with Gasteiger partial charge in [0.1, 0.15) is 29.4 Å². The molecule has 0 aliphatic carbocycles. The van der Waals surface area contributed by atoms with Gasteiger partial charge in [0, 0.05) is 24.8 Å². The Kier molecular flexibility index (Phi) is 5.37. The molecule has 3 N–H and O–H groups in total. The summed E-state index contributed by atoms with van der Waals surface area (Å²) in [5, 5.41) is 19.1. The number of phenols is 1. The molecular formula is C28H29FN6O2. The summed E-state index contributed by atoms with van der Waals surface area (Å²) in [5.41, 5.74) is 0.841. The van der Waals surface area contributed by atoms with Crippen LogP contribution in [-0.2, 0) is 0 Å². The van der Waals surface area contributed by atoms with Gasteiger partial charge in [-0.05, 0) is 61.7 Å². The van der Waals surface area contributed by atoms with E-state index in [2.05, 4.69) is 30.5 Å². The summed E-state index contributed by atoms with van der Waals surface area (Å²) < 4.78 is 22.4. The first kappa shape index (κ1) is 22.6. The SMILES string of the molecule is Oc1cc(-c2ncc3c(NC4CNC4)nc(OCC45CCCN4CCC5)nc3c2F)c2ccccc2c1. The molecule has 0 atom stereocenters. The Morgan fingerprint density at radius 3 is 2.70 bits per heavy atom. The predicted molar refractivity (Wildman–Crippen MR) is 140 cm³/mol. The van der Waals surface area contributed by atoms with Gasteiger partial charge in [-0.3, -0.25) is 9.88 Å². The standard InChI is InChI=1S/C28H29FN6O2/c29-23-24(21-12-19(36)11-17-5-1-2-6-20(17)21)31-15-22-25(23)33-27(34-26(22)32-18-13-30-14-18)37-16-28-7-3-9-35(28)10-4-8-28/h1-2,5-6,11-12,15,18,30,36H,3-4,7-10,13-14,16H2,(H,32,33,34). The number of benzene rings is 2. The molecule has 0 spiro atoms. The first-order chi connectivity index (χ1) is 18.1. The molecule has 5 heterocycles. The number of nitrogens with one attached hydrogen (secondary N) is 2. The molecule has 0 saturated carbocycles. The van der Waals surface area contributed by atoms with Crippen LogP contribution in [0.25, 0.3) is 32.9 Å². The normalized spacial score (nSPS) is 19.3. The van der Waals surface area contributed by atoms with Gasteiger partial charge in [-0.25, -0.2) is 4.39 Å². The largest absolute Gasteiger partial charge is 0.508 e. The third kappa shape index (κ3) is 3.84. The van der Waals surface area contributed by atoms with Crippen molar-refractivity contribution in [1.82, 2.24) is 25.2 Å². The molecule has 0 radical (unpaired) electrons. The number of hydrogen-bond acceptors (Lipinski definition) is 8. The van der Waals surface area contributed by atoms with Gasteiger partial charge < -0.3 is 20.5 Å². The van der Waals surface area contributed by atoms with Crippen molar-refractivity contribution < 1.29 is 14.2 Å². The number of hydrogen-bond donors (Lipinski definition) is 3. The zero-order chi connectivity index (χ0) is 25.0. The molecule has 0 amide bonds. The number of ether oxygens (including phenoxy) is 1. The minimum Gasteiger partial charge on any atom is -0.508 e. The molecule has 2 aromatic heterocycles. The van der Waals surface area contributed by atoms with E-state index >= 15 is 4.39 Å². The maximum atomic E-state index is 16.2. The number of pyridine rings is 1. The van der Waals surface area contributed by atoms with Crippen LogP contribution in [0.5, 0.6) is 11.8 Å². The Morgan fingerprint density at radius 1 is 1.11 bits per heavy atom. The van der Waals surface area contributed by atoms with Gasteiger partial charge in [0.05, 0.1) is 17.0 Å². The van der Waals surface area contributed by atoms with E-state index in [4.69, 9.17) is 4.74 Å². The number of rotatable bonds is 6. The van der Waals surface area contributed by atoms with Crippen LogP contribution in [0.15, 0.2) is 42.6 Å². The van der Waals surface area contributed by atoms with Crippen molar-refractivity contribution in [2.75, 3.05) is 38.1 Å². The predicted octanol–water partition coefficient (Wildman–Crippen LogP) is 4.08. The maximum absolute atomic E-state index is 16.2. The van der Waals surface area contributed by atoms with E-state index in [1.54, 1.807) is 18.3 Å². The van der Waals surface area contributed by atoms with E-state index in [1.807, 2.05) is 24.3 Å². The van der Waals surface area contributed by atoms with Crippen LogP contribution in [0.4, 0.5) is 10.2 Å².